The zero-order valence-electron chi connectivity index (χ0n) is 13.6. The highest BCUT2D eigenvalue weighted by atomic mass is 35.5. The zero-order valence-corrected chi connectivity index (χ0v) is 14.3. The average molecular weight is 349 g/mol. The second kappa shape index (κ2) is 6.26. The fourth-order valence-electron chi connectivity index (χ4n) is 3.74. The van der Waals surface area contributed by atoms with Gasteiger partial charge in [0.05, 0.1) is 29.3 Å². The maximum Gasteiger partial charge on any atom is 0.315 e. The van der Waals surface area contributed by atoms with Crippen molar-refractivity contribution in [2.45, 2.75) is 43.9 Å². The fourth-order valence-corrected chi connectivity index (χ4v) is 3.91. The first kappa shape index (κ1) is 15.7. The molecule has 4 rings (SSSR count). The molecule has 3 unspecified atom stereocenters. The first-order valence-corrected chi connectivity index (χ1v) is 8.78. The molecule has 2 aliphatic heterocycles. The molecule has 2 aromatic rings. The Hall–Kier alpha value is -1.79. The second-order valence-corrected chi connectivity index (χ2v) is 7.02. The lowest BCUT2D eigenvalue weighted by atomic mass is 9.96. The van der Waals surface area contributed by atoms with Gasteiger partial charge in [0.25, 0.3) is 0 Å². The van der Waals surface area contributed by atoms with Crippen LogP contribution in [0.15, 0.2) is 18.2 Å². The van der Waals surface area contributed by atoms with Gasteiger partial charge in [0, 0.05) is 25.0 Å². The van der Waals surface area contributed by atoms with Crippen LogP contribution in [0.2, 0.25) is 5.02 Å². The number of imidazole rings is 1. The number of aromatic nitrogens is 2. The molecule has 1 aromatic heterocycles. The summed E-state index contributed by atoms with van der Waals surface area (Å²) in [5, 5.41) is 6.62. The standard InChI is InChI=1S/C17H21ClN4O2/c1-22-14-4-2-10(18)8-12(14)20-16(22)6-7-19-17(23)21-13-9-11-3-5-15(13)24-11/h2,4,8,11,13,15H,3,5-7,9H2,1H3,(H2,19,21,23). The van der Waals surface area contributed by atoms with Gasteiger partial charge in [-0.3, -0.25) is 0 Å². The fraction of sp³-hybridized carbons (Fsp3) is 0.529. The molecule has 7 heteroatoms. The van der Waals surface area contributed by atoms with Crippen molar-refractivity contribution in [2.24, 2.45) is 7.05 Å². The predicted molar refractivity (Wildman–Crippen MR) is 92.3 cm³/mol. The minimum absolute atomic E-state index is 0.127. The summed E-state index contributed by atoms with van der Waals surface area (Å²) < 4.78 is 7.79. The molecule has 128 valence electrons. The lowest BCUT2D eigenvalue weighted by Crippen LogP contribution is -2.46. The van der Waals surface area contributed by atoms with Crippen LogP contribution in [-0.4, -0.2) is 40.4 Å². The van der Waals surface area contributed by atoms with Crippen molar-refractivity contribution >= 4 is 28.7 Å². The molecule has 0 radical (unpaired) electrons. The van der Waals surface area contributed by atoms with E-state index in [1.54, 1.807) is 0 Å². The number of nitrogens with one attached hydrogen (secondary N) is 2. The molecule has 0 aliphatic carbocycles. The normalized spacial score (nSPS) is 25.3. The molecule has 2 saturated heterocycles. The number of urea groups is 1. The Morgan fingerprint density at radius 2 is 2.33 bits per heavy atom. The Morgan fingerprint density at radius 1 is 1.46 bits per heavy atom. The SMILES string of the molecule is Cn1c(CCNC(=O)NC2CC3CCC2O3)nc2cc(Cl)ccc21. The highest BCUT2D eigenvalue weighted by Crippen LogP contribution is 2.34. The van der Waals surface area contributed by atoms with E-state index < -0.39 is 0 Å². The van der Waals surface area contributed by atoms with Crippen molar-refractivity contribution in [3.63, 3.8) is 0 Å². The number of rotatable bonds is 4. The monoisotopic (exact) mass is 348 g/mol. The molecule has 0 spiro atoms. The number of hydrogen-bond donors (Lipinski definition) is 2. The Balaban J connectivity index is 1.31. The van der Waals surface area contributed by atoms with Crippen LogP contribution in [-0.2, 0) is 18.2 Å². The van der Waals surface area contributed by atoms with Gasteiger partial charge in [0.2, 0.25) is 0 Å². The number of fused-ring (bicyclic) bond motifs is 3. The molecule has 2 aliphatic rings. The molecule has 24 heavy (non-hydrogen) atoms. The van der Waals surface area contributed by atoms with Crippen LogP contribution in [0.25, 0.3) is 11.0 Å². The first-order chi connectivity index (χ1) is 11.6. The largest absolute Gasteiger partial charge is 0.373 e. The first-order valence-electron chi connectivity index (χ1n) is 8.41. The quantitative estimate of drug-likeness (QED) is 0.891. The summed E-state index contributed by atoms with van der Waals surface area (Å²) in [4.78, 5) is 16.6. The molecular formula is C17H21ClN4O2. The summed E-state index contributed by atoms with van der Waals surface area (Å²) >= 11 is 6.01. The highest BCUT2D eigenvalue weighted by molar-refractivity contribution is 6.31. The third kappa shape index (κ3) is 2.96. The van der Waals surface area contributed by atoms with Gasteiger partial charge >= 0.3 is 6.03 Å². The number of nitrogens with zero attached hydrogens (tertiary/aromatic N) is 2. The Bertz CT molecular complexity index is 775. The number of carbonyl (C=O) groups excluding carboxylic acids is 1. The van der Waals surface area contributed by atoms with Gasteiger partial charge in [-0.15, -0.1) is 0 Å². The van der Waals surface area contributed by atoms with Crippen LogP contribution in [0.5, 0.6) is 0 Å². The number of aryl methyl sites for hydroxylation is 1. The number of hydrogen-bond acceptors (Lipinski definition) is 3. The number of halogens is 1. The highest BCUT2D eigenvalue weighted by Gasteiger charge is 2.41. The van der Waals surface area contributed by atoms with Gasteiger partial charge < -0.3 is 19.9 Å². The van der Waals surface area contributed by atoms with E-state index in [2.05, 4.69) is 15.6 Å². The number of carbonyl (C=O) groups is 1. The van der Waals surface area contributed by atoms with Crippen molar-refractivity contribution in [2.75, 3.05) is 6.54 Å². The van der Waals surface area contributed by atoms with Crippen molar-refractivity contribution in [3.05, 3.63) is 29.0 Å². The van der Waals surface area contributed by atoms with Crippen LogP contribution in [0.3, 0.4) is 0 Å². The van der Waals surface area contributed by atoms with Crippen LogP contribution in [0, 0.1) is 0 Å². The number of benzene rings is 1. The minimum Gasteiger partial charge on any atom is -0.373 e. The summed E-state index contributed by atoms with van der Waals surface area (Å²) in [6, 6.07) is 5.71. The smallest absolute Gasteiger partial charge is 0.315 e. The van der Waals surface area contributed by atoms with Gasteiger partial charge in [-0.25, -0.2) is 9.78 Å². The molecule has 2 N–H and O–H groups in total. The van der Waals surface area contributed by atoms with Crippen molar-refractivity contribution in [1.82, 2.24) is 20.2 Å². The third-order valence-electron chi connectivity index (χ3n) is 4.99. The molecule has 3 heterocycles. The summed E-state index contributed by atoms with van der Waals surface area (Å²) in [5.41, 5.74) is 1.92. The van der Waals surface area contributed by atoms with Crippen LogP contribution < -0.4 is 10.6 Å². The van der Waals surface area contributed by atoms with Crippen molar-refractivity contribution < 1.29 is 9.53 Å². The number of amides is 2. The predicted octanol–water partition coefficient (Wildman–Crippen LogP) is 2.39. The Morgan fingerprint density at radius 3 is 3.08 bits per heavy atom. The van der Waals surface area contributed by atoms with E-state index in [9.17, 15) is 4.79 Å². The second-order valence-electron chi connectivity index (χ2n) is 6.59. The zero-order chi connectivity index (χ0) is 16.7. The summed E-state index contributed by atoms with van der Waals surface area (Å²) in [6.45, 7) is 0.540. The van der Waals surface area contributed by atoms with Gasteiger partial charge in [-0.1, -0.05) is 11.6 Å². The molecule has 3 atom stereocenters. The van der Waals surface area contributed by atoms with E-state index in [-0.39, 0.29) is 18.2 Å². The summed E-state index contributed by atoms with van der Waals surface area (Å²) in [6.07, 6.45) is 4.32. The van der Waals surface area contributed by atoms with Gasteiger partial charge in [0.15, 0.2) is 0 Å². The van der Waals surface area contributed by atoms with E-state index in [0.717, 1.165) is 36.1 Å². The minimum atomic E-state index is -0.127. The molecular weight excluding hydrogens is 328 g/mol. The molecule has 1 aromatic carbocycles. The van der Waals surface area contributed by atoms with E-state index in [4.69, 9.17) is 16.3 Å². The van der Waals surface area contributed by atoms with Crippen LogP contribution in [0.1, 0.15) is 25.1 Å². The molecule has 6 nitrogen and oxygen atoms in total. The van der Waals surface area contributed by atoms with E-state index in [0.29, 0.717) is 24.1 Å². The summed E-state index contributed by atoms with van der Waals surface area (Å²) in [7, 11) is 1.98. The third-order valence-corrected chi connectivity index (χ3v) is 5.23. The van der Waals surface area contributed by atoms with Gasteiger partial charge in [0.1, 0.15) is 5.82 Å². The van der Waals surface area contributed by atoms with E-state index in [1.165, 1.54) is 0 Å². The van der Waals surface area contributed by atoms with Crippen molar-refractivity contribution in [3.8, 4) is 0 Å². The van der Waals surface area contributed by atoms with Crippen LogP contribution >= 0.6 is 11.6 Å². The number of ether oxygens (including phenoxy) is 1. The average Bonchev–Trinajstić information content (AvgIpc) is 3.23. The lowest BCUT2D eigenvalue weighted by molar-refractivity contribution is 0.0981. The van der Waals surface area contributed by atoms with Crippen LogP contribution in [0.4, 0.5) is 4.79 Å². The van der Waals surface area contributed by atoms with E-state index in [1.807, 2.05) is 29.8 Å². The summed E-state index contributed by atoms with van der Waals surface area (Å²) in [5.74, 6) is 0.927. The van der Waals surface area contributed by atoms with Gasteiger partial charge in [-0.05, 0) is 37.5 Å². The van der Waals surface area contributed by atoms with E-state index >= 15 is 0 Å². The molecule has 2 fully saturated rings. The Kier molecular flexibility index (Phi) is 4.10. The molecule has 2 amide bonds. The maximum atomic E-state index is 12.0. The molecule has 2 bridgehead atoms. The molecule has 0 saturated carbocycles. The maximum absolute atomic E-state index is 12.0. The lowest BCUT2D eigenvalue weighted by Gasteiger charge is -2.20. The van der Waals surface area contributed by atoms with Gasteiger partial charge in [-0.2, -0.15) is 0 Å². The Labute approximate surface area is 145 Å². The topological polar surface area (TPSA) is 68.2 Å². The van der Waals surface area contributed by atoms with Crippen molar-refractivity contribution in [1.29, 1.82) is 0 Å².